The summed E-state index contributed by atoms with van der Waals surface area (Å²) in [6.07, 6.45) is 6.07. The second kappa shape index (κ2) is 9.56. The van der Waals surface area contributed by atoms with Crippen molar-refractivity contribution in [3.05, 3.63) is 108 Å². The molecule has 4 aromatic rings. The molecule has 0 spiro atoms. The van der Waals surface area contributed by atoms with E-state index in [2.05, 4.69) is 48.5 Å². The Labute approximate surface area is 200 Å². The number of carbonyl (C=O) groups excluding carboxylic acids is 1. The molecule has 1 N–H and O–H groups in total. The van der Waals surface area contributed by atoms with Crippen LogP contribution in [0.25, 0.3) is 22.3 Å². The predicted octanol–water partition coefficient (Wildman–Crippen LogP) is 7.51. The van der Waals surface area contributed by atoms with E-state index in [0.29, 0.717) is 12.2 Å². The highest BCUT2D eigenvalue weighted by Gasteiger charge is 2.35. The quantitative estimate of drug-likeness (QED) is 0.310. The lowest BCUT2D eigenvalue weighted by Crippen LogP contribution is -2.30. The normalized spacial score (nSPS) is 14.9. The fourth-order valence-corrected chi connectivity index (χ4v) is 5.30. The lowest BCUT2D eigenvalue weighted by molar-refractivity contribution is -0.120. The minimum absolute atomic E-state index is 0.0337. The van der Waals surface area contributed by atoms with Crippen molar-refractivity contribution in [1.82, 2.24) is 0 Å². The van der Waals surface area contributed by atoms with E-state index in [-0.39, 0.29) is 11.2 Å². The van der Waals surface area contributed by atoms with E-state index in [1.54, 1.807) is 12.1 Å². The molecule has 170 valence electrons. The van der Waals surface area contributed by atoms with E-state index in [0.717, 1.165) is 35.1 Å². The number of aromatic hydroxyl groups is 1. The van der Waals surface area contributed by atoms with E-state index >= 15 is 0 Å². The molecule has 0 saturated heterocycles. The summed E-state index contributed by atoms with van der Waals surface area (Å²) in [5.74, 6) is 0.836. The highest BCUT2D eigenvalue weighted by atomic mass is 16.5. The molecule has 0 unspecified atom stereocenters. The van der Waals surface area contributed by atoms with Crippen molar-refractivity contribution in [1.29, 1.82) is 0 Å². The number of hydrogen-bond acceptors (Lipinski definition) is 3. The molecule has 0 amide bonds. The van der Waals surface area contributed by atoms with Gasteiger partial charge in [-0.25, -0.2) is 0 Å². The first-order valence-corrected chi connectivity index (χ1v) is 11.9. The van der Waals surface area contributed by atoms with Crippen molar-refractivity contribution < 1.29 is 14.6 Å². The maximum atomic E-state index is 10.5. The smallest absolute Gasteiger partial charge is 0.298 e. The summed E-state index contributed by atoms with van der Waals surface area (Å²) < 4.78 is 4.91. The Kier molecular flexibility index (Phi) is 6.18. The average molecular weight is 449 g/mol. The van der Waals surface area contributed by atoms with Crippen molar-refractivity contribution in [2.24, 2.45) is 0 Å². The molecule has 0 atom stereocenters. The molecule has 1 aliphatic rings. The van der Waals surface area contributed by atoms with Gasteiger partial charge in [-0.1, -0.05) is 92.1 Å². The standard InChI is InChI=1S/C31H28O3/c32-22-34-30-18-10-26(11-19-30)24-6-14-28(15-7-24)31(20-2-1-3-21-31)27-12-4-23(5-13-27)25-8-16-29(33)17-9-25/h4-19,22,33H,1-3,20-21H2. The zero-order valence-electron chi connectivity index (χ0n) is 19.1. The molecule has 1 fully saturated rings. The van der Waals surface area contributed by atoms with Crippen LogP contribution in [0.5, 0.6) is 11.5 Å². The summed E-state index contributed by atoms with van der Waals surface area (Å²) >= 11 is 0. The van der Waals surface area contributed by atoms with Gasteiger partial charge in [0.05, 0.1) is 0 Å². The fourth-order valence-electron chi connectivity index (χ4n) is 5.30. The van der Waals surface area contributed by atoms with E-state index in [1.807, 2.05) is 36.4 Å². The molecule has 1 saturated carbocycles. The van der Waals surface area contributed by atoms with Crippen LogP contribution in [0.3, 0.4) is 0 Å². The molecule has 0 radical (unpaired) electrons. The summed E-state index contributed by atoms with van der Waals surface area (Å²) in [5.41, 5.74) is 7.29. The molecule has 0 aromatic heterocycles. The topological polar surface area (TPSA) is 46.5 Å². The van der Waals surface area contributed by atoms with Crippen LogP contribution in [0.15, 0.2) is 97.1 Å². The van der Waals surface area contributed by atoms with Crippen LogP contribution in [0, 0.1) is 0 Å². The molecule has 0 aliphatic heterocycles. The lowest BCUT2D eigenvalue weighted by Gasteiger charge is -2.39. The molecular formula is C31H28O3. The summed E-state index contributed by atoms with van der Waals surface area (Å²) in [4.78, 5) is 10.5. The van der Waals surface area contributed by atoms with Crippen molar-refractivity contribution >= 4 is 6.47 Å². The van der Waals surface area contributed by atoms with Gasteiger partial charge in [0.25, 0.3) is 6.47 Å². The Morgan fingerprint density at radius 1 is 0.588 bits per heavy atom. The van der Waals surface area contributed by atoms with Crippen LogP contribution in [-0.2, 0) is 10.2 Å². The van der Waals surface area contributed by atoms with Crippen molar-refractivity contribution in [3.8, 4) is 33.8 Å². The van der Waals surface area contributed by atoms with Crippen LogP contribution in [-0.4, -0.2) is 11.6 Å². The Bertz CT molecular complexity index is 1230. The number of hydrogen-bond donors (Lipinski definition) is 1. The second-order valence-corrected chi connectivity index (χ2v) is 9.08. The molecule has 0 bridgehead atoms. The van der Waals surface area contributed by atoms with Crippen LogP contribution >= 0.6 is 0 Å². The van der Waals surface area contributed by atoms with Crippen LogP contribution in [0.2, 0.25) is 0 Å². The zero-order valence-corrected chi connectivity index (χ0v) is 19.1. The second-order valence-electron chi connectivity index (χ2n) is 9.08. The van der Waals surface area contributed by atoms with Gasteiger partial charge in [0.1, 0.15) is 11.5 Å². The van der Waals surface area contributed by atoms with Gasteiger partial charge in [-0.15, -0.1) is 0 Å². The van der Waals surface area contributed by atoms with E-state index in [9.17, 15) is 9.90 Å². The van der Waals surface area contributed by atoms with Crippen LogP contribution < -0.4 is 4.74 Å². The van der Waals surface area contributed by atoms with Crippen molar-refractivity contribution in [2.75, 3.05) is 0 Å². The molecule has 3 nitrogen and oxygen atoms in total. The van der Waals surface area contributed by atoms with Gasteiger partial charge in [0.2, 0.25) is 0 Å². The van der Waals surface area contributed by atoms with E-state index < -0.39 is 0 Å². The Morgan fingerprint density at radius 2 is 1.00 bits per heavy atom. The SMILES string of the molecule is O=COc1ccc(-c2ccc(C3(c4ccc(-c5ccc(O)cc5)cc4)CCCCC3)cc2)cc1. The highest BCUT2D eigenvalue weighted by molar-refractivity contribution is 5.67. The molecule has 1 aliphatic carbocycles. The number of carbonyl (C=O) groups is 1. The van der Waals surface area contributed by atoms with Gasteiger partial charge in [0, 0.05) is 5.41 Å². The van der Waals surface area contributed by atoms with Crippen LogP contribution in [0.4, 0.5) is 0 Å². The first-order chi connectivity index (χ1) is 16.7. The van der Waals surface area contributed by atoms with Gasteiger partial charge < -0.3 is 9.84 Å². The highest BCUT2D eigenvalue weighted by Crippen LogP contribution is 2.45. The summed E-state index contributed by atoms with van der Waals surface area (Å²) in [7, 11) is 0. The summed E-state index contributed by atoms with van der Waals surface area (Å²) in [6, 6.07) is 32.9. The third-order valence-electron chi connectivity index (χ3n) is 7.15. The minimum atomic E-state index is 0.0337. The molecular weight excluding hydrogens is 420 g/mol. The number of benzene rings is 4. The fraction of sp³-hybridized carbons (Fsp3) is 0.194. The molecule has 5 rings (SSSR count). The number of rotatable bonds is 6. The lowest BCUT2D eigenvalue weighted by atomic mass is 9.65. The average Bonchev–Trinajstić information content (AvgIpc) is 2.90. The molecule has 4 aromatic carbocycles. The zero-order chi connectivity index (χ0) is 23.4. The van der Waals surface area contributed by atoms with E-state index in [1.165, 1.54) is 30.4 Å². The first kappa shape index (κ1) is 22.0. The van der Waals surface area contributed by atoms with Gasteiger partial charge >= 0.3 is 0 Å². The molecule has 3 heteroatoms. The Balaban J connectivity index is 1.45. The predicted molar refractivity (Wildman–Crippen MR) is 136 cm³/mol. The maximum absolute atomic E-state index is 10.5. The first-order valence-electron chi connectivity index (χ1n) is 11.9. The molecule has 34 heavy (non-hydrogen) atoms. The van der Waals surface area contributed by atoms with Gasteiger partial charge in [0.15, 0.2) is 0 Å². The van der Waals surface area contributed by atoms with Crippen LogP contribution in [0.1, 0.15) is 43.2 Å². The van der Waals surface area contributed by atoms with Gasteiger partial charge in [-0.2, -0.15) is 0 Å². The summed E-state index contributed by atoms with van der Waals surface area (Å²) in [6.45, 7) is 0.449. The van der Waals surface area contributed by atoms with Gasteiger partial charge in [-0.05, 0) is 70.5 Å². The monoisotopic (exact) mass is 448 g/mol. The van der Waals surface area contributed by atoms with Gasteiger partial charge in [-0.3, -0.25) is 4.79 Å². The maximum Gasteiger partial charge on any atom is 0.298 e. The van der Waals surface area contributed by atoms with Crippen molar-refractivity contribution in [2.45, 2.75) is 37.5 Å². The third-order valence-corrected chi connectivity index (χ3v) is 7.15. The Hall–Kier alpha value is -3.85. The number of ether oxygens (including phenoxy) is 1. The van der Waals surface area contributed by atoms with E-state index in [4.69, 9.17) is 4.74 Å². The molecule has 0 heterocycles. The third kappa shape index (κ3) is 4.34. The summed E-state index contributed by atoms with van der Waals surface area (Å²) in [5, 5.41) is 9.59. The Morgan fingerprint density at radius 3 is 1.44 bits per heavy atom. The number of phenolic OH excluding ortho intramolecular Hbond substituents is 1. The minimum Gasteiger partial charge on any atom is -0.508 e. The number of phenols is 1. The van der Waals surface area contributed by atoms with Crippen molar-refractivity contribution in [3.63, 3.8) is 0 Å². The largest absolute Gasteiger partial charge is 0.508 e.